The van der Waals surface area contributed by atoms with Crippen LogP contribution in [0.15, 0.2) is 12.4 Å². The molecule has 1 aromatic rings. The summed E-state index contributed by atoms with van der Waals surface area (Å²) in [6.07, 6.45) is 5.90. The third-order valence-electron chi connectivity index (χ3n) is 2.87. The third kappa shape index (κ3) is 3.04. The number of nitrogen functional groups attached to an aromatic ring is 1. The molecule has 1 saturated heterocycles. The highest BCUT2D eigenvalue weighted by atomic mass is 16.5. The fourth-order valence-electron chi connectivity index (χ4n) is 2.10. The smallest absolute Gasteiger partial charge is 0.160 e. The summed E-state index contributed by atoms with van der Waals surface area (Å²) in [5.41, 5.74) is 2.51. The minimum atomic E-state index is 0.296. The molecule has 1 fully saturated rings. The van der Waals surface area contributed by atoms with Gasteiger partial charge in [0.05, 0.1) is 18.5 Å². The van der Waals surface area contributed by atoms with Gasteiger partial charge in [-0.05, 0) is 19.8 Å². The number of rotatable bonds is 4. The van der Waals surface area contributed by atoms with Crippen LogP contribution >= 0.6 is 0 Å². The third-order valence-corrected chi connectivity index (χ3v) is 2.87. The summed E-state index contributed by atoms with van der Waals surface area (Å²) in [6, 6.07) is 0. The highest BCUT2D eigenvalue weighted by molar-refractivity contribution is 5.43. The molecule has 1 aliphatic heterocycles. The van der Waals surface area contributed by atoms with E-state index in [1.54, 1.807) is 12.4 Å². The molecule has 1 aliphatic rings. The highest BCUT2D eigenvalue weighted by Gasteiger charge is 2.21. The number of nitrogens with two attached hydrogens (primary N) is 1. The van der Waals surface area contributed by atoms with E-state index < -0.39 is 0 Å². The molecule has 17 heavy (non-hydrogen) atoms. The van der Waals surface area contributed by atoms with Crippen molar-refractivity contribution in [3.8, 4) is 0 Å². The average Bonchev–Trinajstić information content (AvgIpc) is 2.40. The molecule has 1 atom stereocenters. The molecule has 0 bridgehead atoms. The molecule has 2 rings (SSSR count). The van der Waals surface area contributed by atoms with Crippen molar-refractivity contribution in [3.63, 3.8) is 0 Å². The second-order valence-corrected chi connectivity index (χ2v) is 4.07. The van der Waals surface area contributed by atoms with E-state index in [9.17, 15) is 0 Å². The van der Waals surface area contributed by atoms with Crippen molar-refractivity contribution >= 4 is 11.6 Å². The number of aromatic nitrogens is 2. The Morgan fingerprint density at radius 1 is 1.59 bits per heavy atom. The number of nitrogens with zero attached hydrogens (tertiary/aromatic N) is 3. The lowest BCUT2D eigenvalue weighted by Gasteiger charge is -2.33. The van der Waals surface area contributed by atoms with Gasteiger partial charge in [0.15, 0.2) is 5.82 Å². The second-order valence-electron chi connectivity index (χ2n) is 4.07. The Morgan fingerprint density at radius 2 is 2.47 bits per heavy atom. The first-order chi connectivity index (χ1) is 8.33. The van der Waals surface area contributed by atoms with E-state index in [1.165, 1.54) is 0 Å². The maximum atomic E-state index is 5.66. The maximum Gasteiger partial charge on any atom is 0.160 e. The van der Waals surface area contributed by atoms with E-state index in [0.717, 1.165) is 38.4 Å². The van der Waals surface area contributed by atoms with Crippen molar-refractivity contribution in [2.24, 2.45) is 5.84 Å². The Kier molecular flexibility index (Phi) is 4.11. The van der Waals surface area contributed by atoms with Crippen molar-refractivity contribution in [1.29, 1.82) is 0 Å². The van der Waals surface area contributed by atoms with Crippen LogP contribution in [-0.2, 0) is 4.74 Å². The molecule has 0 aliphatic carbocycles. The Hall–Kier alpha value is -1.40. The van der Waals surface area contributed by atoms with Crippen LogP contribution in [0.4, 0.5) is 11.6 Å². The fraction of sp³-hybridized carbons (Fsp3) is 0.636. The van der Waals surface area contributed by atoms with E-state index in [1.807, 2.05) is 6.92 Å². The molecule has 0 saturated carbocycles. The van der Waals surface area contributed by atoms with Crippen molar-refractivity contribution in [2.45, 2.75) is 25.9 Å². The number of ether oxygens (including phenoxy) is 1. The van der Waals surface area contributed by atoms with Gasteiger partial charge in [-0.1, -0.05) is 0 Å². The van der Waals surface area contributed by atoms with Gasteiger partial charge < -0.3 is 15.1 Å². The Balaban J connectivity index is 2.05. The molecular weight excluding hydrogens is 218 g/mol. The van der Waals surface area contributed by atoms with E-state index in [0.29, 0.717) is 11.9 Å². The molecule has 94 valence electrons. The number of anilines is 2. The summed E-state index contributed by atoms with van der Waals surface area (Å²) in [5, 5.41) is 0. The predicted molar refractivity (Wildman–Crippen MR) is 66.7 cm³/mol. The molecule has 0 radical (unpaired) electrons. The van der Waals surface area contributed by atoms with Crippen LogP contribution in [0.25, 0.3) is 0 Å². The van der Waals surface area contributed by atoms with E-state index in [2.05, 4.69) is 20.3 Å². The fourth-order valence-corrected chi connectivity index (χ4v) is 2.10. The number of piperidine rings is 1. The Bertz CT molecular complexity index is 357. The van der Waals surface area contributed by atoms with Gasteiger partial charge >= 0.3 is 0 Å². The van der Waals surface area contributed by atoms with Crippen molar-refractivity contribution in [1.82, 2.24) is 9.97 Å². The number of hydrogen-bond acceptors (Lipinski definition) is 6. The van der Waals surface area contributed by atoms with E-state index >= 15 is 0 Å². The normalized spacial score (nSPS) is 20.4. The van der Waals surface area contributed by atoms with Gasteiger partial charge in [-0.2, -0.15) is 0 Å². The molecule has 1 aromatic heterocycles. The minimum absolute atomic E-state index is 0.296. The summed E-state index contributed by atoms with van der Waals surface area (Å²) in [7, 11) is 0. The molecule has 3 N–H and O–H groups in total. The summed E-state index contributed by atoms with van der Waals surface area (Å²) in [4.78, 5) is 10.7. The first-order valence-electron chi connectivity index (χ1n) is 5.98. The van der Waals surface area contributed by atoms with Crippen LogP contribution in [0.3, 0.4) is 0 Å². The molecule has 6 nitrogen and oxygen atoms in total. The topological polar surface area (TPSA) is 76.3 Å². The summed E-state index contributed by atoms with van der Waals surface area (Å²) < 4.78 is 5.66. The molecule has 0 aromatic carbocycles. The van der Waals surface area contributed by atoms with Crippen LogP contribution in [0.1, 0.15) is 19.8 Å². The average molecular weight is 237 g/mol. The summed E-state index contributed by atoms with van der Waals surface area (Å²) >= 11 is 0. The first-order valence-corrected chi connectivity index (χ1v) is 5.98. The highest BCUT2D eigenvalue weighted by Crippen LogP contribution is 2.19. The molecule has 2 heterocycles. The molecule has 0 amide bonds. The number of nitrogens with one attached hydrogen (secondary N) is 1. The lowest BCUT2D eigenvalue weighted by atomic mass is 10.1. The lowest BCUT2D eigenvalue weighted by molar-refractivity contribution is 0.0525. The SMILES string of the molecule is CCOC1CCCN(c2cncc(NN)n2)C1. The quantitative estimate of drug-likeness (QED) is 0.595. The molecule has 1 unspecified atom stereocenters. The molecular formula is C11H19N5O. The lowest BCUT2D eigenvalue weighted by Crippen LogP contribution is -2.40. The maximum absolute atomic E-state index is 5.66. The zero-order chi connectivity index (χ0) is 12.1. The second kappa shape index (κ2) is 5.79. The van der Waals surface area contributed by atoms with Gasteiger partial charge in [0.25, 0.3) is 0 Å². The monoisotopic (exact) mass is 237 g/mol. The van der Waals surface area contributed by atoms with Gasteiger partial charge in [0.2, 0.25) is 0 Å². The largest absolute Gasteiger partial charge is 0.377 e. The zero-order valence-corrected chi connectivity index (χ0v) is 10.1. The van der Waals surface area contributed by atoms with Gasteiger partial charge in [0.1, 0.15) is 5.82 Å². The van der Waals surface area contributed by atoms with Crippen molar-refractivity contribution in [2.75, 3.05) is 30.0 Å². The van der Waals surface area contributed by atoms with Gasteiger partial charge in [-0.25, -0.2) is 10.8 Å². The zero-order valence-electron chi connectivity index (χ0n) is 10.1. The standard InChI is InChI=1S/C11H19N5O/c1-2-17-9-4-3-5-16(8-9)11-7-13-6-10(14-11)15-12/h6-7,9H,2-5,8,12H2,1H3,(H,14,15). The van der Waals surface area contributed by atoms with Gasteiger partial charge in [-0.3, -0.25) is 4.98 Å². The van der Waals surface area contributed by atoms with Crippen LogP contribution in [0, 0.1) is 0 Å². The number of hydrogen-bond donors (Lipinski definition) is 2. The minimum Gasteiger partial charge on any atom is -0.377 e. The van der Waals surface area contributed by atoms with Crippen LogP contribution < -0.4 is 16.2 Å². The molecule has 0 spiro atoms. The van der Waals surface area contributed by atoms with Gasteiger partial charge in [0, 0.05) is 19.7 Å². The number of hydrazine groups is 1. The predicted octanol–water partition coefficient (Wildman–Crippen LogP) is 0.767. The van der Waals surface area contributed by atoms with Crippen molar-refractivity contribution < 1.29 is 4.74 Å². The van der Waals surface area contributed by atoms with Crippen LogP contribution in [-0.4, -0.2) is 35.8 Å². The van der Waals surface area contributed by atoms with Crippen LogP contribution in [0.5, 0.6) is 0 Å². The van der Waals surface area contributed by atoms with E-state index in [-0.39, 0.29) is 0 Å². The Morgan fingerprint density at radius 3 is 3.24 bits per heavy atom. The summed E-state index contributed by atoms with van der Waals surface area (Å²) in [5.74, 6) is 6.76. The van der Waals surface area contributed by atoms with E-state index in [4.69, 9.17) is 10.6 Å². The Labute approximate surface area is 101 Å². The van der Waals surface area contributed by atoms with Crippen molar-refractivity contribution in [3.05, 3.63) is 12.4 Å². The first kappa shape index (κ1) is 12.1. The molecule has 6 heteroatoms. The van der Waals surface area contributed by atoms with Gasteiger partial charge in [-0.15, -0.1) is 0 Å². The summed E-state index contributed by atoms with van der Waals surface area (Å²) in [6.45, 7) is 4.65. The van der Waals surface area contributed by atoms with Crippen LogP contribution in [0.2, 0.25) is 0 Å².